The normalized spacial score (nSPS) is 13.9. The van der Waals surface area contributed by atoms with Crippen molar-refractivity contribution in [3.8, 4) is 0 Å². The molecular formula is C11H23NO3. The van der Waals surface area contributed by atoms with E-state index in [1.807, 2.05) is 14.0 Å². The average molecular weight is 217 g/mol. The fourth-order valence-corrected chi connectivity index (χ4v) is 1.05. The molecule has 0 bridgehead atoms. The summed E-state index contributed by atoms with van der Waals surface area (Å²) in [5.41, 5.74) is 0.0759. The van der Waals surface area contributed by atoms with Crippen molar-refractivity contribution in [3.05, 3.63) is 0 Å². The Labute approximate surface area is 92.0 Å². The Morgan fingerprint density at radius 2 is 2.13 bits per heavy atom. The minimum absolute atomic E-state index is 0.0220. The van der Waals surface area contributed by atoms with E-state index in [2.05, 4.69) is 19.2 Å². The van der Waals surface area contributed by atoms with Crippen LogP contribution in [-0.2, 0) is 9.53 Å². The molecule has 0 aliphatic rings. The van der Waals surface area contributed by atoms with E-state index in [1.165, 1.54) is 0 Å². The van der Waals surface area contributed by atoms with Gasteiger partial charge >= 0.3 is 5.97 Å². The average Bonchev–Trinajstić information content (AvgIpc) is 2.14. The highest BCUT2D eigenvalue weighted by Gasteiger charge is 2.14. The first-order valence-corrected chi connectivity index (χ1v) is 5.39. The molecule has 0 fully saturated rings. The van der Waals surface area contributed by atoms with Gasteiger partial charge in [-0.3, -0.25) is 4.79 Å². The van der Waals surface area contributed by atoms with E-state index in [9.17, 15) is 4.79 Å². The van der Waals surface area contributed by atoms with Crippen LogP contribution < -0.4 is 5.32 Å². The van der Waals surface area contributed by atoms with Crippen molar-refractivity contribution >= 4 is 5.97 Å². The maximum Gasteiger partial charge on any atom is 0.303 e. The number of aliphatic carboxylic acids is 1. The van der Waals surface area contributed by atoms with Crippen molar-refractivity contribution in [3.63, 3.8) is 0 Å². The van der Waals surface area contributed by atoms with Crippen molar-refractivity contribution in [2.24, 2.45) is 0 Å². The maximum atomic E-state index is 10.3. The number of rotatable bonds is 8. The second-order valence-electron chi connectivity index (χ2n) is 4.50. The molecule has 0 rings (SSSR count). The lowest BCUT2D eigenvalue weighted by Gasteiger charge is -2.24. The third-order valence-corrected chi connectivity index (χ3v) is 2.57. The molecule has 1 unspecified atom stereocenters. The van der Waals surface area contributed by atoms with Gasteiger partial charge in [0.1, 0.15) is 0 Å². The minimum Gasteiger partial charge on any atom is -0.481 e. The summed E-state index contributed by atoms with van der Waals surface area (Å²) in [6.07, 6.45) is 1.70. The zero-order chi connectivity index (χ0) is 11.9. The van der Waals surface area contributed by atoms with Gasteiger partial charge in [0.2, 0.25) is 0 Å². The fraction of sp³-hybridized carbons (Fsp3) is 0.909. The summed E-state index contributed by atoms with van der Waals surface area (Å²) in [4.78, 5) is 10.3. The number of ether oxygens (including phenoxy) is 1. The molecule has 0 aliphatic heterocycles. The molecular weight excluding hydrogens is 194 g/mol. The van der Waals surface area contributed by atoms with E-state index in [4.69, 9.17) is 9.84 Å². The monoisotopic (exact) mass is 217 g/mol. The Morgan fingerprint density at radius 1 is 1.53 bits per heavy atom. The Bertz CT molecular complexity index is 192. The quantitative estimate of drug-likeness (QED) is 0.649. The second-order valence-corrected chi connectivity index (χ2v) is 4.50. The first kappa shape index (κ1) is 14.4. The number of carboxylic acid groups (broad SMARTS) is 1. The van der Waals surface area contributed by atoms with Crippen LogP contribution in [-0.4, -0.2) is 36.4 Å². The molecule has 0 heterocycles. The summed E-state index contributed by atoms with van der Waals surface area (Å²) >= 11 is 0. The van der Waals surface area contributed by atoms with E-state index in [1.54, 1.807) is 0 Å². The van der Waals surface area contributed by atoms with Crippen LogP contribution in [0, 0.1) is 0 Å². The summed E-state index contributed by atoms with van der Waals surface area (Å²) in [5, 5.41) is 11.7. The highest BCUT2D eigenvalue weighted by molar-refractivity contribution is 5.66. The van der Waals surface area contributed by atoms with Crippen molar-refractivity contribution in [2.75, 3.05) is 13.7 Å². The zero-order valence-corrected chi connectivity index (χ0v) is 10.2. The lowest BCUT2D eigenvalue weighted by molar-refractivity contribution is -0.137. The molecule has 0 amide bonds. The predicted molar refractivity (Wildman–Crippen MR) is 60.0 cm³/mol. The summed E-state index contributed by atoms with van der Waals surface area (Å²) in [5.74, 6) is -0.763. The van der Waals surface area contributed by atoms with E-state index < -0.39 is 5.97 Å². The molecule has 0 aromatic carbocycles. The lowest BCUT2D eigenvalue weighted by Crippen LogP contribution is -2.37. The van der Waals surface area contributed by atoms with Gasteiger partial charge in [0.25, 0.3) is 0 Å². The maximum absolute atomic E-state index is 10.3. The topological polar surface area (TPSA) is 58.6 Å². The van der Waals surface area contributed by atoms with E-state index in [0.717, 1.165) is 6.42 Å². The molecule has 15 heavy (non-hydrogen) atoms. The van der Waals surface area contributed by atoms with Gasteiger partial charge in [-0.1, -0.05) is 0 Å². The Morgan fingerprint density at radius 3 is 2.60 bits per heavy atom. The van der Waals surface area contributed by atoms with Crippen molar-refractivity contribution in [1.29, 1.82) is 0 Å². The number of hydrogen-bond donors (Lipinski definition) is 2. The molecule has 0 aromatic rings. The minimum atomic E-state index is -0.763. The summed E-state index contributed by atoms with van der Waals surface area (Å²) in [6.45, 7) is 6.79. The largest absolute Gasteiger partial charge is 0.481 e. The van der Waals surface area contributed by atoms with Gasteiger partial charge in [-0.25, -0.2) is 0 Å². The lowest BCUT2D eigenvalue weighted by atomic mass is 10.0. The highest BCUT2D eigenvalue weighted by atomic mass is 16.5. The molecule has 0 aliphatic carbocycles. The SMILES string of the molecule is CNC(C)(C)CCOC(C)CCC(=O)O. The smallest absolute Gasteiger partial charge is 0.303 e. The van der Waals surface area contributed by atoms with Gasteiger partial charge in [-0.2, -0.15) is 0 Å². The van der Waals surface area contributed by atoms with Gasteiger partial charge in [-0.15, -0.1) is 0 Å². The first-order valence-electron chi connectivity index (χ1n) is 5.39. The molecule has 4 nitrogen and oxygen atoms in total. The number of hydrogen-bond acceptors (Lipinski definition) is 3. The van der Waals surface area contributed by atoms with Gasteiger partial charge in [-0.05, 0) is 40.7 Å². The zero-order valence-electron chi connectivity index (χ0n) is 10.2. The molecule has 1 atom stereocenters. The van der Waals surface area contributed by atoms with Crippen LogP contribution in [0.25, 0.3) is 0 Å². The summed E-state index contributed by atoms with van der Waals surface area (Å²) < 4.78 is 5.53. The van der Waals surface area contributed by atoms with Crippen LogP contribution >= 0.6 is 0 Å². The van der Waals surface area contributed by atoms with Gasteiger partial charge in [0, 0.05) is 18.6 Å². The number of nitrogens with one attached hydrogen (secondary N) is 1. The molecule has 0 saturated carbocycles. The molecule has 4 heteroatoms. The second kappa shape index (κ2) is 6.80. The van der Waals surface area contributed by atoms with E-state index in [-0.39, 0.29) is 18.1 Å². The summed E-state index contributed by atoms with van der Waals surface area (Å²) in [7, 11) is 1.92. The Balaban J connectivity index is 3.54. The van der Waals surface area contributed by atoms with E-state index in [0.29, 0.717) is 13.0 Å². The van der Waals surface area contributed by atoms with Gasteiger partial charge < -0.3 is 15.2 Å². The predicted octanol–water partition coefficient (Wildman–Crippen LogP) is 1.64. The standard InChI is InChI=1S/C11H23NO3/c1-9(5-6-10(13)14)15-8-7-11(2,3)12-4/h9,12H,5-8H2,1-4H3,(H,13,14). The van der Waals surface area contributed by atoms with Crippen LogP contribution in [0.4, 0.5) is 0 Å². The van der Waals surface area contributed by atoms with Gasteiger partial charge in [0.15, 0.2) is 0 Å². The third kappa shape index (κ3) is 8.39. The van der Waals surface area contributed by atoms with Crippen LogP contribution in [0.3, 0.4) is 0 Å². The Kier molecular flexibility index (Phi) is 6.52. The molecule has 0 aromatic heterocycles. The number of carboxylic acids is 1. The number of carbonyl (C=O) groups is 1. The van der Waals surface area contributed by atoms with Crippen molar-refractivity contribution < 1.29 is 14.6 Å². The molecule has 90 valence electrons. The molecule has 0 spiro atoms. The van der Waals surface area contributed by atoms with Gasteiger partial charge in [0.05, 0.1) is 6.10 Å². The van der Waals surface area contributed by atoms with Crippen LogP contribution in [0.1, 0.15) is 40.0 Å². The fourth-order valence-electron chi connectivity index (χ4n) is 1.05. The van der Waals surface area contributed by atoms with Crippen LogP contribution in [0.5, 0.6) is 0 Å². The van der Waals surface area contributed by atoms with Crippen molar-refractivity contribution in [1.82, 2.24) is 5.32 Å². The molecule has 0 saturated heterocycles. The molecule has 0 radical (unpaired) electrons. The first-order chi connectivity index (χ1) is 6.87. The van der Waals surface area contributed by atoms with Crippen LogP contribution in [0.15, 0.2) is 0 Å². The van der Waals surface area contributed by atoms with Crippen LogP contribution in [0.2, 0.25) is 0 Å². The highest BCUT2D eigenvalue weighted by Crippen LogP contribution is 2.09. The van der Waals surface area contributed by atoms with Crippen molar-refractivity contribution in [2.45, 2.75) is 51.7 Å². The third-order valence-electron chi connectivity index (χ3n) is 2.57. The van der Waals surface area contributed by atoms with E-state index >= 15 is 0 Å². The molecule has 2 N–H and O–H groups in total. The summed E-state index contributed by atoms with van der Waals surface area (Å²) in [6, 6.07) is 0. The Hall–Kier alpha value is -0.610.